The van der Waals surface area contributed by atoms with Gasteiger partial charge < -0.3 is 0 Å². The van der Waals surface area contributed by atoms with Crippen molar-refractivity contribution in [3.05, 3.63) is 47.7 Å². The normalized spacial score (nSPS) is 11.4. The van der Waals surface area contributed by atoms with Crippen LogP contribution in [0.3, 0.4) is 0 Å². The van der Waals surface area contributed by atoms with E-state index < -0.39 is 0 Å². The molecule has 4 nitrogen and oxygen atoms in total. The Morgan fingerprint density at radius 1 is 1.16 bits per heavy atom. The summed E-state index contributed by atoms with van der Waals surface area (Å²) in [7, 11) is 0. The molecule has 4 rings (SSSR count). The SMILES string of the molecule is Cc1nc2cc(-c3ccc4nccn4n3)ccc2s1. The molecule has 0 fully saturated rings. The van der Waals surface area contributed by atoms with Crippen LogP contribution in [0.25, 0.3) is 27.1 Å². The molecule has 0 aliphatic carbocycles. The van der Waals surface area contributed by atoms with Crippen molar-refractivity contribution in [2.45, 2.75) is 6.92 Å². The molecular formula is C14H10N4S. The van der Waals surface area contributed by atoms with Crippen molar-refractivity contribution in [2.24, 2.45) is 0 Å². The van der Waals surface area contributed by atoms with Crippen LogP contribution in [-0.2, 0) is 0 Å². The zero-order chi connectivity index (χ0) is 12.8. The van der Waals surface area contributed by atoms with Crippen LogP contribution >= 0.6 is 11.3 Å². The van der Waals surface area contributed by atoms with Gasteiger partial charge in [-0.3, -0.25) is 0 Å². The number of aromatic nitrogens is 4. The Hall–Kier alpha value is -2.27. The van der Waals surface area contributed by atoms with E-state index in [4.69, 9.17) is 0 Å². The van der Waals surface area contributed by atoms with Crippen molar-refractivity contribution >= 4 is 27.2 Å². The Morgan fingerprint density at radius 3 is 3.05 bits per heavy atom. The summed E-state index contributed by atoms with van der Waals surface area (Å²) in [5, 5.41) is 5.64. The topological polar surface area (TPSA) is 43.1 Å². The van der Waals surface area contributed by atoms with Crippen LogP contribution in [0.1, 0.15) is 5.01 Å². The Balaban J connectivity index is 1.91. The number of benzene rings is 1. The van der Waals surface area contributed by atoms with E-state index >= 15 is 0 Å². The second-order valence-electron chi connectivity index (χ2n) is 4.36. The molecule has 5 heteroatoms. The minimum atomic E-state index is 0.856. The molecule has 0 saturated carbocycles. The van der Waals surface area contributed by atoms with Crippen molar-refractivity contribution in [3.8, 4) is 11.3 Å². The molecule has 4 aromatic rings. The van der Waals surface area contributed by atoms with E-state index in [-0.39, 0.29) is 0 Å². The first kappa shape index (κ1) is 10.6. The zero-order valence-electron chi connectivity index (χ0n) is 10.2. The van der Waals surface area contributed by atoms with Crippen LogP contribution in [0.2, 0.25) is 0 Å². The average molecular weight is 266 g/mol. The van der Waals surface area contributed by atoms with Gasteiger partial charge in [0, 0.05) is 18.0 Å². The summed E-state index contributed by atoms with van der Waals surface area (Å²) in [6.45, 7) is 2.03. The molecule has 3 heterocycles. The van der Waals surface area contributed by atoms with Gasteiger partial charge in [0.25, 0.3) is 0 Å². The van der Waals surface area contributed by atoms with Gasteiger partial charge >= 0.3 is 0 Å². The molecule has 3 aromatic heterocycles. The molecule has 92 valence electrons. The lowest BCUT2D eigenvalue weighted by molar-refractivity contribution is 0.942. The third-order valence-corrected chi connectivity index (χ3v) is 4.00. The first-order valence-electron chi connectivity index (χ1n) is 5.97. The van der Waals surface area contributed by atoms with E-state index in [0.29, 0.717) is 0 Å². The molecule has 0 bridgehead atoms. The van der Waals surface area contributed by atoms with Crippen molar-refractivity contribution < 1.29 is 0 Å². The number of nitrogens with zero attached hydrogens (tertiary/aromatic N) is 4. The van der Waals surface area contributed by atoms with Gasteiger partial charge in [-0.1, -0.05) is 6.07 Å². The molecule has 0 radical (unpaired) electrons. The second-order valence-corrected chi connectivity index (χ2v) is 5.60. The molecule has 0 saturated heterocycles. The van der Waals surface area contributed by atoms with Gasteiger partial charge in [0.1, 0.15) is 0 Å². The lowest BCUT2D eigenvalue weighted by atomic mass is 10.1. The number of thiazole rings is 1. The number of fused-ring (bicyclic) bond motifs is 2. The largest absolute Gasteiger partial charge is 0.241 e. The van der Waals surface area contributed by atoms with Gasteiger partial charge in [-0.2, -0.15) is 5.10 Å². The molecule has 0 aliphatic heterocycles. The molecular weight excluding hydrogens is 256 g/mol. The summed E-state index contributed by atoms with van der Waals surface area (Å²) < 4.78 is 3.00. The lowest BCUT2D eigenvalue weighted by Crippen LogP contribution is -1.92. The Kier molecular flexibility index (Phi) is 2.16. The van der Waals surface area contributed by atoms with Crippen LogP contribution in [0.4, 0.5) is 0 Å². The van der Waals surface area contributed by atoms with Gasteiger partial charge in [-0.05, 0) is 31.2 Å². The summed E-state index contributed by atoms with van der Waals surface area (Å²) in [4.78, 5) is 8.72. The number of aryl methyl sites for hydroxylation is 1. The quantitative estimate of drug-likeness (QED) is 0.531. The van der Waals surface area contributed by atoms with Crippen molar-refractivity contribution in [2.75, 3.05) is 0 Å². The van der Waals surface area contributed by atoms with Gasteiger partial charge in [0.2, 0.25) is 0 Å². The predicted molar refractivity (Wildman–Crippen MR) is 76.3 cm³/mol. The zero-order valence-corrected chi connectivity index (χ0v) is 11.1. The molecule has 0 unspecified atom stereocenters. The number of rotatable bonds is 1. The van der Waals surface area contributed by atoms with Crippen molar-refractivity contribution in [1.29, 1.82) is 0 Å². The first-order valence-corrected chi connectivity index (χ1v) is 6.79. The van der Waals surface area contributed by atoms with Gasteiger partial charge in [-0.25, -0.2) is 14.5 Å². The van der Waals surface area contributed by atoms with Crippen molar-refractivity contribution in [1.82, 2.24) is 19.6 Å². The van der Waals surface area contributed by atoms with E-state index in [9.17, 15) is 0 Å². The standard InChI is InChI=1S/C14H10N4S/c1-9-16-12-8-10(2-4-13(12)19-9)11-3-5-14-15-6-7-18(14)17-11/h2-8H,1H3. The summed E-state index contributed by atoms with van der Waals surface area (Å²) in [5.41, 5.74) is 3.90. The minimum absolute atomic E-state index is 0.856. The summed E-state index contributed by atoms with van der Waals surface area (Å²) in [5.74, 6) is 0. The number of hydrogen-bond acceptors (Lipinski definition) is 4. The lowest BCUT2D eigenvalue weighted by Gasteiger charge is -2.01. The average Bonchev–Trinajstić information content (AvgIpc) is 3.01. The van der Waals surface area contributed by atoms with E-state index in [1.165, 1.54) is 4.70 Å². The smallest absolute Gasteiger partial charge is 0.153 e. The van der Waals surface area contributed by atoms with Crippen LogP contribution in [-0.4, -0.2) is 19.6 Å². The van der Waals surface area contributed by atoms with Crippen LogP contribution < -0.4 is 0 Å². The fraction of sp³-hybridized carbons (Fsp3) is 0.0714. The molecule has 0 atom stereocenters. The summed E-state index contributed by atoms with van der Waals surface area (Å²) >= 11 is 1.71. The Labute approximate surface area is 113 Å². The van der Waals surface area contributed by atoms with Gasteiger partial charge in [0.15, 0.2) is 5.65 Å². The van der Waals surface area contributed by atoms with Crippen molar-refractivity contribution in [3.63, 3.8) is 0 Å². The molecule has 1 aromatic carbocycles. The van der Waals surface area contributed by atoms with Gasteiger partial charge in [0.05, 0.1) is 20.9 Å². The van der Waals surface area contributed by atoms with E-state index in [1.807, 2.05) is 25.3 Å². The molecule has 0 spiro atoms. The highest BCUT2D eigenvalue weighted by molar-refractivity contribution is 7.18. The van der Waals surface area contributed by atoms with E-state index in [1.54, 1.807) is 22.0 Å². The van der Waals surface area contributed by atoms with E-state index in [0.717, 1.165) is 27.4 Å². The Bertz CT molecular complexity index is 891. The van der Waals surface area contributed by atoms with Crippen LogP contribution in [0.5, 0.6) is 0 Å². The predicted octanol–water partition coefficient (Wildman–Crippen LogP) is 3.31. The number of hydrogen-bond donors (Lipinski definition) is 0. The second kappa shape index (κ2) is 3.86. The molecule has 19 heavy (non-hydrogen) atoms. The minimum Gasteiger partial charge on any atom is -0.241 e. The highest BCUT2D eigenvalue weighted by atomic mass is 32.1. The fourth-order valence-corrected chi connectivity index (χ4v) is 2.98. The molecule has 0 amide bonds. The monoisotopic (exact) mass is 266 g/mol. The first-order chi connectivity index (χ1) is 9.29. The number of imidazole rings is 1. The third-order valence-electron chi connectivity index (χ3n) is 3.05. The Morgan fingerprint density at radius 2 is 2.11 bits per heavy atom. The van der Waals surface area contributed by atoms with Crippen LogP contribution in [0, 0.1) is 6.92 Å². The third kappa shape index (κ3) is 1.70. The maximum Gasteiger partial charge on any atom is 0.153 e. The molecule has 0 aliphatic rings. The van der Waals surface area contributed by atoms with Crippen LogP contribution in [0.15, 0.2) is 42.7 Å². The molecule has 0 N–H and O–H groups in total. The van der Waals surface area contributed by atoms with E-state index in [2.05, 4.69) is 33.3 Å². The highest BCUT2D eigenvalue weighted by Crippen LogP contribution is 2.26. The highest BCUT2D eigenvalue weighted by Gasteiger charge is 2.05. The maximum absolute atomic E-state index is 4.55. The summed E-state index contributed by atoms with van der Waals surface area (Å²) in [6, 6.07) is 10.2. The van der Waals surface area contributed by atoms with Gasteiger partial charge in [-0.15, -0.1) is 11.3 Å². The fourth-order valence-electron chi connectivity index (χ4n) is 2.17. The summed E-state index contributed by atoms with van der Waals surface area (Å²) in [6.07, 6.45) is 3.60. The maximum atomic E-state index is 4.55.